The van der Waals surface area contributed by atoms with Crippen LogP contribution in [0, 0.1) is 17.7 Å². The Kier molecular flexibility index (Phi) is 10.8. The molecule has 1 amide bonds. The summed E-state index contributed by atoms with van der Waals surface area (Å²) in [5.41, 5.74) is 1.03. The fourth-order valence-electron chi connectivity index (χ4n) is 3.70. The number of benzene rings is 1. The van der Waals surface area contributed by atoms with Crippen LogP contribution in [0.1, 0.15) is 74.4 Å². The van der Waals surface area contributed by atoms with Crippen LogP contribution in [-0.2, 0) is 29.1 Å². The van der Waals surface area contributed by atoms with E-state index in [1.54, 1.807) is 12.3 Å². The third-order valence-corrected chi connectivity index (χ3v) is 6.41. The summed E-state index contributed by atoms with van der Waals surface area (Å²) >= 11 is 1.16. The van der Waals surface area contributed by atoms with Crippen LogP contribution < -0.4 is 5.32 Å². The highest BCUT2D eigenvalue weighted by Gasteiger charge is 2.21. The van der Waals surface area contributed by atoms with E-state index in [9.17, 15) is 18.8 Å². The second kappa shape index (κ2) is 13.3. The molecular formula is C25H34FN3O4S. The lowest BCUT2D eigenvalue weighted by atomic mass is 9.98. The maximum Gasteiger partial charge on any atom is 0.338 e. The van der Waals surface area contributed by atoms with Gasteiger partial charge in [0.1, 0.15) is 11.6 Å². The summed E-state index contributed by atoms with van der Waals surface area (Å²) in [6.45, 7) is 8.24. The van der Waals surface area contributed by atoms with Crippen LogP contribution in [0.2, 0.25) is 0 Å². The lowest BCUT2D eigenvalue weighted by Gasteiger charge is -2.19. The molecule has 9 heteroatoms. The molecule has 0 saturated heterocycles. The number of hydrogen-bond acceptors (Lipinski definition) is 5. The Bertz CT molecular complexity index is 1010. The molecule has 2 N–H and O–H groups in total. The highest BCUT2D eigenvalue weighted by atomic mass is 32.2. The van der Waals surface area contributed by atoms with Gasteiger partial charge >= 0.3 is 5.97 Å². The van der Waals surface area contributed by atoms with Gasteiger partial charge in [0, 0.05) is 31.6 Å². The van der Waals surface area contributed by atoms with Gasteiger partial charge in [0.2, 0.25) is 5.91 Å². The quantitative estimate of drug-likeness (QED) is 0.422. The number of thioether (sulfide) groups is 1. The van der Waals surface area contributed by atoms with Crippen molar-refractivity contribution in [1.29, 1.82) is 0 Å². The minimum absolute atomic E-state index is 0.0126. The van der Waals surface area contributed by atoms with Gasteiger partial charge in [0.25, 0.3) is 0 Å². The third kappa shape index (κ3) is 8.27. The summed E-state index contributed by atoms with van der Waals surface area (Å²) in [6.07, 6.45) is 5.07. The molecule has 34 heavy (non-hydrogen) atoms. The van der Waals surface area contributed by atoms with Crippen LogP contribution in [0.3, 0.4) is 0 Å². The summed E-state index contributed by atoms with van der Waals surface area (Å²) in [5, 5.41) is 12.0. The van der Waals surface area contributed by atoms with Gasteiger partial charge in [-0.1, -0.05) is 45.0 Å². The maximum absolute atomic E-state index is 14.2. The average molecular weight is 492 g/mol. The molecule has 0 saturated carbocycles. The predicted octanol–water partition coefficient (Wildman–Crippen LogP) is 4.67. The number of rotatable bonds is 13. The molecule has 0 bridgehead atoms. The van der Waals surface area contributed by atoms with Crippen molar-refractivity contribution in [3.05, 3.63) is 52.9 Å². The van der Waals surface area contributed by atoms with E-state index in [0.29, 0.717) is 30.2 Å². The number of aromatic nitrogens is 2. The number of nitrogens with zero attached hydrogens (tertiary/aromatic N) is 2. The lowest BCUT2D eigenvalue weighted by molar-refractivity contribution is -0.125. The van der Waals surface area contributed by atoms with Crippen LogP contribution >= 0.6 is 11.8 Å². The van der Waals surface area contributed by atoms with Crippen LogP contribution in [0.5, 0.6) is 0 Å². The molecule has 1 aromatic heterocycles. The normalized spacial score (nSPS) is 12.1. The molecule has 7 nitrogen and oxygen atoms in total. The largest absolute Gasteiger partial charge is 0.478 e. The molecule has 0 fully saturated rings. The minimum Gasteiger partial charge on any atom is -0.478 e. The Hall–Kier alpha value is -2.68. The van der Waals surface area contributed by atoms with Gasteiger partial charge in [-0.2, -0.15) is 0 Å². The molecule has 0 spiro atoms. The number of carboxylic acids is 1. The number of hydrogen-bond donors (Lipinski definition) is 2. The first kappa shape index (κ1) is 27.6. The summed E-state index contributed by atoms with van der Waals surface area (Å²) in [6, 6.07) is 4.09. The van der Waals surface area contributed by atoms with E-state index in [0.717, 1.165) is 42.5 Å². The molecule has 2 aromatic rings. The number of amides is 1. The first-order chi connectivity index (χ1) is 16.1. The van der Waals surface area contributed by atoms with Crippen molar-refractivity contribution in [1.82, 2.24) is 14.9 Å². The number of aryl methyl sites for hydroxylation is 1. The SMILES string of the molecule is CCCCc1ncc(CNC(=O)[C@H](CSC(C)=O)CC(C)C)n1Cc1ccc(C(=O)O)c(F)c1. The number of carbonyl (C=O) groups excluding carboxylic acids is 2. The molecular weight excluding hydrogens is 457 g/mol. The number of aromatic carboxylic acids is 1. The van der Waals surface area contributed by atoms with Crippen molar-refractivity contribution in [3.8, 4) is 0 Å². The fraction of sp³-hybridized carbons (Fsp3) is 0.520. The van der Waals surface area contributed by atoms with Gasteiger partial charge in [-0.05, 0) is 36.5 Å². The number of carbonyl (C=O) groups is 3. The molecule has 1 aromatic carbocycles. The average Bonchev–Trinajstić information content (AvgIpc) is 3.14. The van der Waals surface area contributed by atoms with Crippen LogP contribution in [0.25, 0.3) is 0 Å². The Labute approximate surface area is 204 Å². The zero-order valence-electron chi connectivity index (χ0n) is 20.3. The number of imidazole rings is 1. The van der Waals surface area contributed by atoms with E-state index in [2.05, 4.69) is 17.2 Å². The molecule has 0 aliphatic carbocycles. The van der Waals surface area contributed by atoms with Crippen LogP contribution in [0.4, 0.5) is 4.39 Å². The van der Waals surface area contributed by atoms with Gasteiger partial charge in [-0.25, -0.2) is 14.2 Å². The summed E-state index contributed by atoms with van der Waals surface area (Å²) in [4.78, 5) is 39.9. The first-order valence-corrected chi connectivity index (χ1v) is 12.6. The second-order valence-electron chi connectivity index (χ2n) is 8.82. The number of halogens is 1. The van der Waals surface area contributed by atoms with Crippen molar-refractivity contribution in [2.45, 2.75) is 66.5 Å². The molecule has 1 atom stereocenters. The molecule has 2 rings (SSSR count). The molecule has 186 valence electrons. The van der Waals surface area contributed by atoms with Gasteiger partial charge in [-0.15, -0.1) is 0 Å². The number of unbranched alkanes of at least 4 members (excludes halogenated alkanes) is 1. The molecule has 1 heterocycles. The third-order valence-electron chi connectivity index (χ3n) is 5.44. The Morgan fingerprint density at radius 2 is 2.00 bits per heavy atom. The zero-order chi connectivity index (χ0) is 25.3. The van der Waals surface area contributed by atoms with E-state index >= 15 is 0 Å². The molecule has 0 radical (unpaired) electrons. The summed E-state index contributed by atoms with van der Waals surface area (Å²) < 4.78 is 16.2. The lowest BCUT2D eigenvalue weighted by Crippen LogP contribution is -2.33. The highest BCUT2D eigenvalue weighted by molar-refractivity contribution is 8.13. The van der Waals surface area contributed by atoms with Crippen molar-refractivity contribution < 1.29 is 23.9 Å². The fourth-order valence-corrected chi connectivity index (χ4v) is 4.42. The van der Waals surface area contributed by atoms with Crippen LogP contribution in [-0.4, -0.2) is 37.4 Å². The smallest absolute Gasteiger partial charge is 0.338 e. The Morgan fingerprint density at radius 1 is 1.26 bits per heavy atom. The van der Waals surface area contributed by atoms with Gasteiger partial charge < -0.3 is 15.0 Å². The summed E-state index contributed by atoms with van der Waals surface area (Å²) in [7, 11) is 0. The standard InChI is InChI=1S/C25H34FN3O4S/c1-5-6-7-23-27-12-20(13-28-24(31)19(10-16(2)3)15-34-17(4)30)29(23)14-18-8-9-21(25(32)33)22(26)11-18/h8-9,11-12,16,19H,5-7,10,13-15H2,1-4H3,(H,28,31)(H,32,33)/t19-/m0/s1. The maximum atomic E-state index is 14.2. The van der Waals surface area contributed by atoms with Crippen molar-refractivity contribution in [2.24, 2.45) is 11.8 Å². The van der Waals surface area contributed by atoms with Gasteiger partial charge in [0.15, 0.2) is 5.12 Å². The first-order valence-electron chi connectivity index (χ1n) is 11.6. The van der Waals surface area contributed by atoms with Crippen LogP contribution in [0.15, 0.2) is 24.4 Å². The monoisotopic (exact) mass is 491 g/mol. The van der Waals surface area contributed by atoms with E-state index < -0.39 is 11.8 Å². The van der Waals surface area contributed by atoms with Crippen molar-refractivity contribution in [2.75, 3.05) is 5.75 Å². The van der Waals surface area contributed by atoms with E-state index in [1.165, 1.54) is 19.1 Å². The summed E-state index contributed by atoms with van der Waals surface area (Å²) in [5.74, 6) is -0.884. The van der Waals surface area contributed by atoms with Crippen molar-refractivity contribution >= 4 is 28.8 Å². The zero-order valence-corrected chi connectivity index (χ0v) is 21.1. The van der Waals surface area contributed by atoms with E-state index in [4.69, 9.17) is 5.11 Å². The molecule has 0 aliphatic heterocycles. The topological polar surface area (TPSA) is 101 Å². The van der Waals surface area contributed by atoms with E-state index in [1.807, 2.05) is 18.4 Å². The van der Waals surface area contributed by atoms with Gasteiger partial charge in [0.05, 0.1) is 24.0 Å². The number of carboxylic acid groups (broad SMARTS) is 1. The Balaban J connectivity index is 2.20. The Morgan fingerprint density at radius 3 is 2.59 bits per heavy atom. The predicted molar refractivity (Wildman–Crippen MR) is 131 cm³/mol. The minimum atomic E-state index is -1.31. The highest BCUT2D eigenvalue weighted by Crippen LogP contribution is 2.19. The van der Waals surface area contributed by atoms with Gasteiger partial charge in [-0.3, -0.25) is 9.59 Å². The second-order valence-corrected chi connectivity index (χ2v) is 10.0. The molecule has 0 aliphatic rings. The van der Waals surface area contributed by atoms with Crippen molar-refractivity contribution in [3.63, 3.8) is 0 Å². The molecule has 0 unspecified atom stereocenters. The number of nitrogens with one attached hydrogen (secondary N) is 1. The van der Waals surface area contributed by atoms with E-state index in [-0.39, 0.29) is 29.0 Å².